The Morgan fingerprint density at radius 2 is 1.90 bits per heavy atom. The molecule has 0 aliphatic carbocycles. The first kappa shape index (κ1) is 16.2. The zero-order valence-electron chi connectivity index (χ0n) is 11.8. The maximum atomic E-state index is 12.5. The van der Waals surface area contributed by atoms with E-state index in [1.165, 1.54) is 9.21 Å². The summed E-state index contributed by atoms with van der Waals surface area (Å²) in [5.74, 6) is -2.07. The Morgan fingerprint density at radius 1 is 1.24 bits per heavy atom. The predicted octanol–water partition coefficient (Wildman–Crippen LogP) is -1.30. The highest BCUT2D eigenvalue weighted by Gasteiger charge is 2.42. The zero-order chi connectivity index (χ0) is 15.8. The number of amides is 1. The molecule has 2 aliphatic rings. The summed E-state index contributed by atoms with van der Waals surface area (Å²) in [6.45, 7) is 0.454. The lowest BCUT2D eigenvalue weighted by atomic mass is 9.97. The summed E-state index contributed by atoms with van der Waals surface area (Å²) in [5, 5.41) is 18.7. The molecule has 120 valence electrons. The SMILES string of the molecule is CS(=O)(=O)N1CCCC(C(=O)N2CC(O)C[C@H]2C(=O)O)C1. The number of nitrogens with zero attached hydrogens (tertiary/aromatic N) is 2. The molecule has 2 unspecified atom stereocenters. The van der Waals surface area contributed by atoms with E-state index in [-0.39, 0.29) is 25.4 Å². The highest BCUT2D eigenvalue weighted by Crippen LogP contribution is 2.26. The van der Waals surface area contributed by atoms with Gasteiger partial charge in [0.15, 0.2) is 0 Å². The number of piperidine rings is 1. The Labute approximate surface area is 123 Å². The summed E-state index contributed by atoms with van der Waals surface area (Å²) in [6.07, 6.45) is 1.37. The Balaban J connectivity index is 2.10. The first-order valence-corrected chi connectivity index (χ1v) is 8.71. The molecule has 9 heteroatoms. The van der Waals surface area contributed by atoms with Gasteiger partial charge in [-0.05, 0) is 12.8 Å². The zero-order valence-corrected chi connectivity index (χ0v) is 12.6. The number of aliphatic hydroxyl groups is 1. The molecule has 0 aromatic rings. The summed E-state index contributed by atoms with van der Waals surface area (Å²) in [6, 6.07) is -1.03. The number of aliphatic carboxylic acids is 1. The van der Waals surface area contributed by atoms with Crippen molar-refractivity contribution in [2.75, 3.05) is 25.9 Å². The average molecular weight is 320 g/mol. The van der Waals surface area contributed by atoms with Crippen molar-refractivity contribution in [2.45, 2.75) is 31.4 Å². The summed E-state index contributed by atoms with van der Waals surface area (Å²) < 4.78 is 24.4. The van der Waals surface area contributed by atoms with Gasteiger partial charge >= 0.3 is 5.97 Å². The fourth-order valence-electron chi connectivity index (χ4n) is 2.97. The van der Waals surface area contributed by atoms with Crippen LogP contribution in [0.25, 0.3) is 0 Å². The molecule has 21 heavy (non-hydrogen) atoms. The molecule has 0 aromatic carbocycles. The third kappa shape index (κ3) is 3.53. The van der Waals surface area contributed by atoms with E-state index < -0.39 is 34.1 Å². The van der Waals surface area contributed by atoms with Crippen LogP contribution in [0.15, 0.2) is 0 Å². The van der Waals surface area contributed by atoms with Crippen LogP contribution in [-0.2, 0) is 19.6 Å². The fourth-order valence-corrected chi connectivity index (χ4v) is 3.88. The minimum atomic E-state index is -3.36. The Hall–Kier alpha value is -1.19. The van der Waals surface area contributed by atoms with Crippen molar-refractivity contribution in [2.24, 2.45) is 5.92 Å². The number of carboxylic acids is 1. The van der Waals surface area contributed by atoms with Crippen molar-refractivity contribution in [3.8, 4) is 0 Å². The van der Waals surface area contributed by atoms with Crippen LogP contribution in [0.3, 0.4) is 0 Å². The molecule has 0 aromatic heterocycles. The number of β-amino-alcohol motifs (C(OH)–C–C–N with tert-alkyl or cyclic N) is 1. The maximum absolute atomic E-state index is 12.5. The number of hydrogen-bond donors (Lipinski definition) is 2. The van der Waals surface area contributed by atoms with Gasteiger partial charge in [0.1, 0.15) is 6.04 Å². The van der Waals surface area contributed by atoms with Crippen molar-refractivity contribution in [1.29, 1.82) is 0 Å². The van der Waals surface area contributed by atoms with E-state index in [4.69, 9.17) is 5.11 Å². The molecular weight excluding hydrogens is 300 g/mol. The number of sulfonamides is 1. The molecule has 0 saturated carbocycles. The second-order valence-electron chi connectivity index (χ2n) is 5.69. The van der Waals surface area contributed by atoms with Gasteiger partial charge in [-0.2, -0.15) is 0 Å². The van der Waals surface area contributed by atoms with E-state index in [9.17, 15) is 23.1 Å². The molecule has 2 aliphatic heterocycles. The molecular formula is C12H20N2O6S. The summed E-state index contributed by atoms with van der Waals surface area (Å²) in [4.78, 5) is 24.8. The van der Waals surface area contributed by atoms with Crippen molar-refractivity contribution in [1.82, 2.24) is 9.21 Å². The molecule has 2 fully saturated rings. The van der Waals surface area contributed by atoms with Crippen LogP contribution >= 0.6 is 0 Å². The van der Waals surface area contributed by atoms with Crippen LogP contribution in [-0.4, -0.2) is 77.7 Å². The van der Waals surface area contributed by atoms with Gasteiger partial charge in [0.2, 0.25) is 15.9 Å². The number of carbonyl (C=O) groups is 2. The third-order valence-electron chi connectivity index (χ3n) is 4.05. The molecule has 3 atom stereocenters. The van der Waals surface area contributed by atoms with Gasteiger partial charge < -0.3 is 15.1 Å². The monoisotopic (exact) mass is 320 g/mol. The van der Waals surface area contributed by atoms with Crippen molar-refractivity contribution in [3.05, 3.63) is 0 Å². The molecule has 0 spiro atoms. The van der Waals surface area contributed by atoms with Gasteiger partial charge in [-0.15, -0.1) is 0 Å². The topological polar surface area (TPSA) is 115 Å². The minimum Gasteiger partial charge on any atom is -0.480 e. The smallest absolute Gasteiger partial charge is 0.326 e. The van der Waals surface area contributed by atoms with Gasteiger partial charge in [-0.3, -0.25) is 4.79 Å². The Morgan fingerprint density at radius 3 is 2.48 bits per heavy atom. The van der Waals surface area contributed by atoms with E-state index in [1.807, 2.05) is 0 Å². The second kappa shape index (κ2) is 5.90. The van der Waals surface area contributed by atoms with Crippen LogP contribution in [0, 0.1) is 5.92 Å². The summed E-state index contributed by atoms with van der Waals surface area (Å²) >= 11 is 0. The van der Waals surface area contributed by atoms with E-state index in [1.54, 1.807) is 0 Å². The number of likely N-dealkylation sites (tertiary alicyclic amines) is 1. The van der Waals surface area contributed by atoms with E-state index in [2.05, 4.69) is 0 Å². The number of rotatable bonds is 3. The Bertz CT molecular complexity index is 534. The van der Waals surface area contributed by atoms with Crippen LogP contribution in [0.2, 0.25) is 0 Å². The van der Waals surface area contributed by atoms with Gasteiger partial charge in [-0.25, -0.2) is 17.5 Å². The number of aliphatic hydroxyl groups excluding tert-OH is 1. The average Bonchev–Trinajstić information content (AvgIpc) is 2.79. The Kier molecular flexibility index (Phi) is 4.54. The van der Waals surface area contributed by atoms with Gasteiger partial charge in [0, 0.05) is 26.1 Å². The summed E-state index contributed by atoms with van der Waals surface area (Å²) in [7, 11) is -3.36. The largest absolute Gasteiger partial charge is 0.480 e. The van der Waals surface area contributed by atoms with Gasteiger partial charge in [0.05, 0.1) is 18.3 Å². The number of carboxylic acid groups (broad SMARTS) is 1. The third-order valence-corrected chi connectivity index (χ3v) is 5.32. The van der Waals surface area contributed by atoms with Crippen molar-refractivity contribution >= 4 is 21.9 Å². The number of hydrogen-bond acceptors (Lipinski definition) is 5. The molecule has 1 amide bonds. The highest BCUT2D eigenvalue weighted by molar-refractivity contribution is 7.88. The van der Waals surface area contributed by atoms with Crippen LogP contribution in [0.1, 0.15) is 19.3 Å². The first-order valence-electron chi connectivity index (χ1n) is 6.86. The lowest BCUT2D eigenvalue weighted by Crippen LogP contribution is -2.49. The normalized spacial score (nSPS) is 31.3. The van der Waals surface area contributed by atoms with E-state index in [0.717, 1.165) is 6.26 Å². The van der Waals surface area contributed by atoms with Crippen LogP contribution in [0.5, 0.6) is 0 Å². The quantitative estimate of drug-likeness (QED) is 0.668. The maximum Gasteiger partial charge on any atom is 0.326 e. The van der Waals surface area contributed by atoms with Crippen molar-refractivity contribution in [3.63, 3.8) is 0 Å². The number of carbonyl (C=O) groups excluding carboxylic acids is 1. The minimum absolute atomic E-state index is 0.00875. The lowest BCUT2D eigenvalue weighted by Gasteiger charge is -2.33. The van der Waals surface area contributed by atoms with Gasteiger partial charge in [-0.1, -0.05) is 0 Å². The van der Waals surface area contributed by atoms with Crippen LogP contribution < -0.4 is 0 Å². The highest BCUT2D eigenvalue weighted by atomic mass is 32.2. The standard InChI is InChI=1S/C12H20N2O6S/c1-21(19,20)13-4-2-3-8(6-13)11(16)14-7-9(15)5-10(14)12(17)18/h8-10,15H,2-7H2,1H3,(H,17,18)/t8?,9?,10-/m0/s1. The van der Waals surface area contributed by atoms with E-state index >= 15 is 0 Å². The summed E-state index contributed by atoms with van der Waals surface area (Å²) in [5.41, 5.74) is 0. The molecule has 0 radical (unpaired) electrons. The van der Waals surface area contributed by atoms with E-state index in [0.29, 0.717) is 19.4 Å². The molecule has 2 saturated heterocycles. The second-order valence-corrected chi connectivity index (χ2v) is 7.68. The molecule has 2 heterocycles. The molecule has 2 N–H and O–H groups in total. The molecule has 2 rings (SSSR count). The van der Waals surface area contributed by atoms with Gasteiger partial charge in [0.25, 0.3) is 0 Å². The molecule has 0 bridgehead atoms. The molecule has 8 nitrogen and oxygen atoms in total. The fraction of sp³-hybridized carbons (Fsp3) is 0.833. The lowest BCUT2D eigenvalue weighted by molar-refractivity contribution is -0.150. The van der Waals surface area contributed by atoms with Crippen LogP contribution in [0.4, 0.5) is 0 Å². The predicted molar refractivity (Wildman–Crippen MR) is 72.9 cm³/mol. The van der Waals surface area contributed by atoms with Crippen molar-refractivity contribution < 1.29 is 28.2 Å². The first-order chi connectivity index (χ1) is 9.70.